The molecule has 0 bridgehead atoms. The second-order valence-electron chi connectivity index (χ2n) is 23.9. The fraction of sp³-hybridized carbons (Fsp3) is 0.774. The molecule has 5 rings (SSSR count). The van der Waals surface area contributed by atoms with Crippen molar-refractivity contribution in [2.24, 2.45) is 0 Å². The lowest BCUT2D eigenvalue weighted by atomic mass is 9.87. The largest absolute Gasteiger partial charge is 0.465 e. The Labute approximate surface area is 583 Å². The highest BCUT2D eigenvalue weighted by molar-refractivity contribution is 5.79. The number of hydrogen-bond donors (Lipinski definition) is 4. The summed E-state index contributed by atoms with van der Waals surface area (Å²) in [7, 11) is 0.792. The molecule has 0 unspecified atom stereocenters. The Morgan fingerprint density at radius 2 is 0.912 bits per heavy atom. The molecule has 0 aromatic rings. The molecule has 2 amide bonds. The Morgan fingerprint density at radius 1 is 0.471 bits per heavy atom. The summed E-state index contributed by atoms with van der Waals surface area (Å²) < 4.78 is 132. The van der Waals surface area contributed by atoms with E-state index >= 15 is 4.79 Å². The van der Waals surface area contributed by atoms with E-state index in [0.717, 1.165) is 97.1 Å². The first-order chi connectivity index (χ1) is 47.8. The third-order valence-electron chi connectivity index (χ3n) is 15.4. The van der Waals surface area contributed by atoms with Gasteiger partial charge in [-0.05, 0) is 13.8 Å². The number of carbonyl (C=O) groups excluding carboxylic acids is 14. The van der Waals surface area contributed by atoms with E-state index in [9.17, 15) is 72.5 Å². The van der Waals surface area contributed by atoms with Gasteiger partial charge >= 0.3 is 71.6 Å². The molecule has 5 heterocycles. The number of esters is 12. The molecule has 0 spiro atoms. The first kappa shape index (κ1) is 84.8. The van der Waals surface area contributed by atoms with Crippen LogP contribution in [0.4, 0.5) is 0 Å². The summed E-state index contributed by atoms with van der Waals surface area (Å²) in [5.41, 5.74) is 0. The number of ether oxygens (including phenoxy) is 22. The lowest BCUT2D eigenvalue weighted by Gasteiger charge is -2.53. The third kappa shape index (κ3) is 24.1. The second-order valence-corrected chi connectivity index (χ2v) is 23.9. The van der Waals surface area contributed by atoms with Crippen LogP contribution in [0.25, 0.3) is 0 Å². The van der Waals surface area contributed by atoms with Crippen molar-refractivity contribution < 1.29 is 182 Å². The molecule has 5 aliphatic heterocycles. The first-order valence-electron chi connectivity index (χ1n) is 32.1. The fourth-order valence-corrected chi connectivity index (χ4v) is 11.8. The summed E-state index contributed by atoms with van der Waals surface area (Å²) in [5, 5.41) is 28.0. The molecular formula is C62H90N2O38. The van der Waals surface area contributed by atoms with Gasteiger partial charge in [0.15, 0.2) is 61.8 Å². The number of nitrogens with one attached hydrogen (secondary N) is 2. The van der Waals surface area contributed by atoms with Crippen LogP contribution in [0, 0.1) is 0 Å². The quantitative estimate of drug-likeness (QED) is 0.0412. The molecule has 5 fully saturated rings. The van der Waals surface area contributed by atoms with Crippen LogP contribution in [0.3, 0.4) is 0 Å². The minimum atomic E-state index is -3.29. The van der Waals surface area contributed by atoms with E-state index in [1.54, 1.807) is 0 Å². The normalized spacial score (nSPS) is 33.4. The van der Waals surface area contributed by atoms with Gasteiger partial charge in [0, 0.05) is 103 Å². The van der Waals surface area contributed by atoms with E-state index in [1.165, 1.54) is 13.8 Å². The second kappa shape index (κ2) is 38.6. The van der Waals surface area contributed by atoms with Crippen LogP contribution < -0.4 is 10.6 Å². The zero-order chi connectivity index (χ0) is 76.4. The maximum absolute atomic E-state index is 15.1. The van der Waals surface area contributed by atoms with E-state index in [1.807, 2.05) is 0 Å². The molecule has 5 aliphatic rings. The number of amides is 2. The van der Waals surface area contributed by atoms with Gasteiger partial charge in [-0.1, -0.05) is 0 Å². The van der Waals surface area contributed by atoms with Crippen molar-refractivity contribution in [1.82, 2.24) is 10.6 Å². The standard InChI is InChI=1S/C62H90N2O38/c1-17-82-59-55(93-36(14)76)53(49(91-34(12)74)42(96-59)22-85-29(7)69)100-57-45(64-26(4)66)51(99-58-46(79)38(78)18-24(2)87-58)47(41(95-57)21-84-28(6)68)98-60-56(94-37(15)77)54(50(92-35(13)75)43(97-60)23-86-30(8)70)102-62(61(80)81-16)19-39(88-31(9)71)44(63-25(3)65)52(101-62)48(90-33(11)73)40(89-32(10)72)20-83-27(5)67/h24,38-60,78-79H,17-23H2,1-16H3,(H,63,65)(H,64,66)/t24-,38+,39-,40+,41+,42+,43+,44+,45+,46-,47+,48+,49-,50-,51+,52+,53-,54-,55+,56+,57-,58-,59+,60-,62-/m0/s1. The number of hydrogen-bond acceptors (Lipinski definition) is 38. The molecule has 4 N–H and O–H groups in total. The van der Waals surface area contributed by atoms with Crippen molar-refractivity contribution in [1.29, 1.82) is 0 Å². The summed E-state index contributed by atoms with van der Waals surface area (Å²) in [6.45, 7) is 11.5. The number of aliphatic hydroxyl groups is 2. The van der Waals surface area contributed by atoms with Gasteiger partial charge in [-0.25, -0.2) is 4.79 Å². The zero-order valence-electron chi connectivity index (χ0n) is 58.9. The minimum absolute atomic E-state index is 0.152. The van der Waals surface area contributed by atoms with Gasteiger partial charge in [0.1, 0.15) is 93.5 Å². The van der Waals surface area contributed by atoms with Crippen LogP contribution in [0.2, 0.25) is 0 Å². The van der Waals surface area contributed by atoms with Crippen molar-refractivity contribution >= 4 is 83.4 Å². The number of rotatable bonds is 30. The average Bonchev–Trinajstić information content (AvgIpc) is 0.774. The van der Waals surface area contributed by atoms with Crippen LogP contribution in [-0.4, -0.2) is 287 Å². The molecule has 40 heteroatoms. The van der Waals surface area contributed by atoms with Gasteiger partial charge in [-0.15, -0.1) is 0 Å². The van der Waals surface area contributed by atoms with Crippen molar-refractivity contribution in [2.75, 3.05) is 40.1 Å². The maximum Gasteiger partial charge on any atom is 0.366 e. The lowest BCUT2D eigenvalue weighted by molar-refractivity contribution is -0.395. The summed E-state index contributed by atoms with van der Waals surface area (Å²) >= 11 is 0. The molecule has 0 aliphatic carbocycles. The SMILES string of the molecule is CCO[C@@H]1O[C@H](COC(C)=O)[C@H](OC(C)=O)[C@H](O[C@@H]2O[C@H](COC(C)=O)[C@@H](O[C@@H]3O[C@H](COC(C)=O)[C@H](OC(C)=O)[C@H](O[C@]4(C(=O)OC)C[C@H](OC(C)=O)[C@@H](NC(C)=O)[C@H]([C@H](OC(C)=O)[C@@H](COC(C)=O)OC(C)=O)O4)[C@H]3OC(C)=O)[C@H](O[C@@H]3O[C@@H](C)C[C@@H](O)[C@@H]3O)[C@H]2NC(C)=O)[C@H]1OC(C)=O. The van der Waals surface area contributed by atoms with Crippen LogP contribution in [0.1, 0.15) is 117 Å². The van der Waals surface area contributed by atoms with Crippen molar-refractivity contribution in [3.8, 4) is 0 Å². The highest BCUT2D eigenvalue weighted by Gasteiger charge is 2.65. The monoisotopic (exact) mass is 1470 g/mol. The Morgan fingerprint density at radius 3 is 1.38 bits per heavy atom. The van der Waals surface area contributed by atoms with E-state index in [0.29, 0.717) is 0 Å². The smallest absolute Gasteiger partial charge is 0.366 e. The van der Waals surface area contributed by atoms with E-state index in [-0.39, 0.29) is 13.0 Å². The van der Waals surface area contributed by atoms with E-state index < -0.39 is 269 Å². The number of aliphatic hydroxyl groups excluding tert-OH is 2. The lowest BCUT2D eigenvalue weighted by Crippen LogP contribution is -2.73. The molecule has 25 atom stereocenters. The van der Waals surface area contributed by atoms with Crippen LogP contribution >= 0.6 is 0 Å². The fourth-order valence-electron chi connectivity index (χ4n) is 11.8. The van der Waals surface area contributed by atoms with E-state index in [4.69, 9.17) is 104 Å². The Kier molecular flexibility index (Phi) is 32.0. The van der Waals surface area contributed by atoms with Crippen LogP contribution in [0.5, 0.6) is 0 Å². The summed E-state index contributed by atoms with van der Waals surface area (Å²) in [6.07, 6.45) is -44.4. The van der Waals surface area contributed by atoms with Gasteiger partial charge in [0.25, 0.3) is 5.79 Å². The Hall–Kier alpha value is -7.90. The van der Waals surface area contributed by atoms with Gasteiger partial charge in [-0.2, -0.15) is 0 Å². The molecule has 576 valence electrons. The molecule has 0 aromatic carbocycles. The van der Waals surface area contributed by atoms with Gasteiger partial charge < -0.3 is 125 Å². The third-order valence-corrected chi connectivity index (χ3v) is 15.4. The highest BCUT2D eigenvalue weighted by Crippen LogP contribution is 2.44. The van der Waals surface area contributed by atoms with Crippen LogP contribution in [0.15, 0.2) is 0 Å². The first-order valence-corrected chi connectivity index (χ1v) is 32.1. The predicted molar refractivity (Wildman–Crippen MR) is 323 cm³/mol. The number of methoxy groups -OCH3 is 1. The Bertz CT molecular complexity index is 2980. The molecular weight excluding hydrogens is 1380 g/mol. The number of carbonyl (C=O) groups is 14. The molecule has 40 nitrogen and oxygen atoms in total. The summed E-state index contributed by atoms with van der Waals surface area (Å²) in [5.74, 6) is -18.5. The molecule has 0 saturated carbocycles. The van der Waals surface area contributed by atoms with Crippen LogP contribution in [-0.2, 0) is 171 Å². The molecule has 5 saturated heterocycles. The van der Waals surface area contributed by atoms with E-state index in [2.05, 4.69) is 10.6 Å². The van der Waals surface area contributed by atoms with Crippen molar-refractivity contribution in [3.05, 3.63) is 0 Å². The predicted octanol–water partition coefficient (Wildman–Crippen LogP) is -2.96. The Balaban J connectivity index is 1.90. The van der Waals surface area contributed by atoms with Gasteiger partial charge in [0.05, 0.1) is 31.8 Å². The highest BCUT2D eigenvalue weighted by atomic mass is 16.8. The summed E-state index contributed by atoms with van der Waals surface area (Å²) in [4.78, 5) is 186. The summed E-state index contributed by atoms with van der Waals surface area (Å²) in [6, 6.07) is -3.77. The topological polar surface area (TPSA) is 507 Å². The average molecular weight is 1470 g/mol. The van der Waals surface area contributed by atoms with Crippen molar-refractivity contribution in [2.45, 2.75) is 270 Å². The molecule has 0 aromatic heterocycles. The minimum Gasteiger partial charge on any atom is -0.465 e. The molecule has 0 radical (unpaired) electrons. The van der Waals surface area contributed by atoms with Gasteiger partial charge in [0.2, 0.25) is 11.8 Å². The molecule has 102 heavy (non-hydrogen) atoms. The maximum atomic E-state index is 15.1. The zero-order valence-corrected chi connectivity index (χ0v) is 58.9. The van der Waals surface area contributed by atoms with Crippen molar-refractivity contribution in [3.63, 3.8) is 0 Å². The van der Waals surface area contributed by atoms with Gasteiger partial charge in [-0.3, -0.25) is 62.3 Å².